The van der Waals surface area contributed by atoms with Crippen LogP contribution in [0.3, 0.4) is 0 Å². The van der Waals surface area contributed by atoms with E-state index in [9.17, 15) is 0 Å². The summed E-state index contributed by atoms with van der Waals surface area (Å²) in [6.07, 6.45) is 2.74. The van der Waals surface area contributed by atoms with Crippen molar-refractivity contribution in [3.05, 3.63) is 53.0 Å². The Morgan fingerprint density at radius 2 is 2.18 bits per heavy atom. The van der Waals surface area contributed by atoms with Crippen molar-refractivity contribution in [2.45, 2.75) is 18.2 Å². The Morgan fingerprint density at radius 3 is 2.94 bits per heavy atom. The van der Waals surface area contributed by atoms with Gasteiger partial charge in [0.2, 0.25) is 0 Å². The molecule has 1 aromatic heterocycles. The lowest BCUT2D eigenvalue weighted by atomic mass is 10.0. The topological polar surface area (TPSA) is 22.4 Å². The molecule has 3 heteroatoms. The van der Waals surface area contributed by atoms with E-state index >= 15 is 0 Å². The second kappa shape index (κ2) is 4.22. The highest BCUT2D eigenvalue weighted by molar-refractivity contribution is 9.09. The van der Waals surface area contributed by atoms with E-state index in [1.165, 1.54) is 16.7 Å². The van der Waals surface area contributed by atoms with Crippen LogP contribution in [0.4, 0.5) is 0 Å². The van der Waals surface area contributed by atoms with Gasteiger partial charge in [0.15, 0.2) is 0 Å². The normalized spacial score (nSPS) is 15.4. The number of ether oxygens (including phenoxy) is 1. The number of fused-ring (bicyclic) bond motifs is 1. The fraction of sp³-hybridized carbons (Fsp3) is 0.286. The molecule has 1 aliphatic heterocycles. The predicted octanol–water partition coefficient (Wildman–Crippen LogP) is 4.01. The van der Waals surface area contributed by atoms with Crippen molar-refractivity contribution in [2.24, 2.45) is 0 Å². The van der Waals surface area contributed by atoms with E-state index in [1.807, 2.05) is 13.0 Å². The van der Waals surface area contributed by atoms with Gasteiger partial charge in [0, 0.05) is 12.0 Å². The second-order valence-electron chi connectivity index (χ2n) is 4.26. The Morgan fingerprint density at radius 1 is 1.29 bits per heavy atom. The van der Waals surface area contributed by atoms with Crippen molar-refractivity contribution in [1.29, 1.82) is 0 Å². The van der Waals surface area contributed by atoms with Crippen molar-refractivity contribution < 1.29 is 9.15 Å². The highest BCUT2D eigenvalue weighted by Gasteiger charge is 2.18. The molecule has 0 aliphatic carbocycles. The van der Waals surface area contributed by atoms with Crippen LogP contribution in [0.1, 0.15) is 27.3 Å². The molecular weight excluding hydrogens is 280 g/mol. The van der Waals surface area contributed by atoms with Gasteiger partial charge in [0.1, 0.15) is 11.5 Å². The first-order valence-corrected chi connectivity index (χ1v) is 6.61. The van der Waals surface area contributed by atoms with Crippen molar-refractivity contribution >= 4 is 15.9 Å². The highest BCUT2D eigenvalue weighted by atomic mass is 79.9. The summed E-state index contributed by atoms with van der Waals surface area (Å²) >= 11 is 3.73. The standard InChI is InChI=1S/C14H13BrO2/c1-9-12(5-7-16-9)14(15)11-2-3-13-10(8-11)4-6-17-13/h2-3,5,7-8,14H,4,6H2,1H3. The minimum absolute atomic E-state index is 0.187. The van der Waals surface area contributed by atoms with Crippen molar-refractivity contribution in [3.63, 3.8) is 0 Å². The lowest BCUT2D eigenvalue weighted by Crippen LogP contribution is -1.93. The summed E-state index contributed by atoms with van der Waals surface area (Å²) in [5, 5.41) is 0. The molecule has 0 saturated heterocycles. The van der Waals surface area contributed by atoms with E-state index in [4.69, 9.17) is 9.15 Å². The van der Waals surface area contributed by atoms with E-state index in [0.717, 1.165) is 24.5 Å². The molecule has 88 valence electrons. The number of alkyl halides is 1. The molecule has 2 aromatic rings. The molecule has 0 saturated carbocycles. The Kier molecular flexibility index (Phi) is 2.71. The molecule has 0 radical (unpaired) electrons. The van der Waals surface area contributed by atoms with E-state index < -0.39 is 0 Å². The van der Waals surface area contributed by atoms with Crippen molar-refractivity contribution in [1.82, 2.24) is 0 Å². The number of hydrogen-bond donors (Lipinski definition) is 0. The number of rotatable bonds is 2. The zero-order valence-electron chi connectivity index (χ0n) is 9.57. The molecule has 0 N–H and O–H groups in total. The summed E-state index contributed by atoms with van der Waals surface area (Å²) in [5.74, 6) is 1.99. The minimum atomic E-state index is 0.187. The Labute approximate surface area is 109 Å². The van der Waals surface area contributed by atoms with Gasteiger partial charge in [0.05, 0.1) is 17.7 Å². The highest BCUT2D eigenvalue weighted by Crippen LogP contribution is 2.36. The summed E-state index contributed by atoms with van der Waals surface area (Å²) in [4.78, 5) is 0.187. The van der Waals surface area contributed by atoms with Crippen LogP contribution in [-0.4, -0.2) is 6.61 Å². The molecular formula is C14H13BrO2. The SMILES string of the molecule is Cc1occc1C(Br)c1ccc2c(c1)CCO2. The van der Waals surface area contributed by atoms with E-state index in [-0.39, 0.29) is 4.83 Å². The molecule has 3 rings (SSSR count). The van der Waals surface area contributed by atoms with E-state index in [0.29, 0.717) is 0 Å². The van der Waals surface area contributed by atoms with Gasteiger partial charge in [-0.1, -0.05) is 28.1 Å². The van der Waals surface area contributed by atoms with Crippen molar-refractivity contribution in [3.8, 4) is 5.75 Å². The molecule has 1 aromatic carbocycles. The van der Waals surface area contributed by atoms with Crippen LogP contribution in [0.15, 0.2) is 34.9 Å². The Hall–Kier alpha value is -1.22. The van der Waals surface area contributed by atoms with Crippen LogP contribution in [0.2, 0.25) is 0 Å². The Bertz CT molecular complexity index is 545. The smallest absolute Gasteiger partial charge is 0.122 e. The van der Waals surface area contributed by atoms with Crippen LogP contribution < -0.4 is 4.74 Å². The van der Waals surface area contributed by atoms with Gasteiger partial charge in [0.25, 0.3) is 0 Å². The van der Waals surface area contributed by atoms with Gasteiger partial charge in [-0.25, -0.2) is 0 Å². The second-order valence-corrected chi connectivity index (χ2v) is 5.18. The largest absolute Gasteiger partial charge is 0.493 e. The summed E-state index contributed by atoms with van der Waals surface area (Å²) in [7, 11) is 0. The maximum Gasteiger partial charge on any atom is 0.122 e. The van der Waals surface area contributed by atoms with Gasteiger partial charge in [-0.15, -0.1) is 0 Å². The van der Waals surface area contributed by atoms with E-state index in [1.54, 1.807) is 6.26 Å². The van der Waals surface area contributed by atoms with Crippen LogP contribution in [0.5, 0.6) is 5.75 Å². The molecule has 1 aliphatic rings. The van der Waals surface area contributed by atoms with Gasteiger partial charge >= 0.3 is 0 Å². The maximum absolute atomic E-state index is 5.51. The summed E-state index contributed by atoms with van der Waals surface area (Å²) in [6, 6.07) is 8.39. The Balaban J connectivity index is 1.97. The van der Waals surface area contributed by atoms with Gasteiger partial charge in [-0.05, 0) is 30.2 Å². The molecule has 0 amide bonds. The fourth-order valence-electron chi connectivity index (χ4n) is 2.20. The molecule has 0 spiro atoms. The van der Waals surface area contributed by atoms with Crippen LogP contribution >= 0.6 is 15.9 Å². The van der Waals surface area contributed by atoms with Gasteiger partial charge in [-0.2, -0.15) is 0 Å². The first kappa shape index (κ1) is 10.9. The minimum Gasteiger partial charge on any atom is -0.493 e. The summed E-state index contributed by atoms with van der Waals surface area (Å²) in [5.41, 5.74) is 3.73. The van der Waals surface area contributed by atoms with Crippen LogP contribution in [0, 0.1) is 6.92 Å². The molecule has 1 unspecified atom stereocenters. The monoisotopic (exact) mass is 292 g/mol. The predicted molar refractivity (Wildman–Crippen MR) is 69.9 cm³/mol. The number of aryl methyl sites for hydroxylation is 1. The lowest BCUT2D eigenvalue weighted by molar-refractivity contribution is 0.357. The third-order valence-corrected chi connectivity index (χ3v) is 4.20. The number of furan rings is 1. The summed E-state index contributed by atoms with van der Waals surface area (Å²) in [6.45, 7) is 2.79. The summed E-state index contributed by atoms with van der Waals surface area (Å²) < 4.78 is 10.9. The van der Waals surface area contributed by atoms with Gasteiger partial charge in [-0.3, -0.25) is 0 Å². The average molecular weight is 293 g/mol. The number of hydrogen-bond acceptors (Lipinski definition) is 2. The molecule has 17 heavy (non-hydrogen) atoms. The first-order valence-electron chi connectivity index (χ1n) is 5.69. The third-order valence-electron chi connectivity index (χ3n) is 3.18. The van der Waals surface area contributed by atoms with Crippen LogP contribution in [-0.2, 0) is 6.42 Å². The lowest BCUT2D eigenvalue weighted by Gasteiger charge is -2.10. The first-order chi connectivity index (χ1) is 8.25. The average Bonchev–Trinajstić information content (AvgIpc) is 2.95. The maximum atomic E-state index is 5.51. The molecule has 2 nitrogen and oxygen atoms in total. The molecule has 0 fully saturated rings. The van der Waals surface area contributed by atoms with E-state index in [2.05, 4.69) is 34.1 Å². The zero-order valence-corrected chi connectivity index (χ0v) is 11.2. The third kappa shape index (κ3) is 1.89. The molecule has 2 heterocycles. The van der Waals surface area contributed by atoms with Crippen LogP contribution in [0.25, 0.3) is 0 Å². The molecule has 0 bridgehead atoms. The quantitative estimate of drug-likeness (QED) is 0.781. The number of halogens is 1. The zero-order chi connectivity index (χ0) is 11.8. The van der Waals surface area contributed by atoms with Crippen molar-refractivity contribution in [2.75, 3.05) is 6.61 Å². The molecule has 1 atom stereocenters. The van der Waals surface area contributed by atoms with Gasteiger partial charge < -0.3 is 9.15 Å². The fourth-order valence-corrected chi connectivity index (χ4v) is 2.96. The number of benzene rings is 1.